The summed E-state index contributed by atoms with van der Waals surface area (Å²) in [6.45, 7) is 2.24. The van der Waals surface area contributed by atoms with E-state index < -0.39 is 11.2 Å². The predicted molar refractivity (Wildman–Crippen MR) is 191 cm³/mol. The monoisotopic (exact) mass is 772 g/mol. The second-order valence-electron chi connectivity index (χ2n) is 12.6. The highest BCUT2D eigenvalue weighted by atomic mass is 79.9. The quantitative estimate of drug-likeness (QED) is 0.152. The van der Waals surface area contributed by atoms with Gasteiger partial charge < -0.3 is 24.7 Å². The van der Waals surface area contributed by atoms with Gasteiger partial charge in [-0.05, 0) is 149 Å². The maximum absolute atomic E-state index is 13.4. The fourth-order valence-corrected chi connectivity index (χ4v) is 7.03. The van der Waals surface area contributed by atoms with E-state index in [-0.39, 0.29) is 18.2 Å². The highest BCUT2D eigenvalue weighted by Gasteiger charge is 2.41. The molecule has 0 bridgehead atoms. The van der Waals surface area contributed by atoms with Crippen LogP contribution in [0.5, 0.6) is 0 Å². The molecule has 1 aliphatic rings. The van der Waals surface area contributed by atoms with Gasteiger partial charge in [-0.2, -0.15) is 0 Å². The molecule has 0 saturated carbocycles. The number of halogens is 4. The normalized spacial score (nSPS) is 16.9. The van der Waals surface area contributed by atoms with Gasteiger partial charge in [0.2, 0.25) is 0 Å². The van der Waals surface area contributed by atoms with Gasteiger partial charge in [0.25, 0.3) is 0 Å². The van der Waals surface area contributed by atoms with E-state index in [0.717, 1.165) is 46.9 Å². The largest absolute Gasteiger partial charge is 0.392 e. The minimum Gasteiger partial charge on any atom is -0.392 e. The Bertz CT molecular complexity index is 1600. The number of fused-ring (bicyclic) bond motifs is 1. The van der Waals surface area contributed by atoms with Crippen LogP contribution in [-0.4, -0.2) is 61.3 Å². The van der Waals surface area contributed by atoms with Crippen LogP contribution in [0.2, 0.25) is 0 Å². The van der Waals surface area contributed by atoms with Crippen molar-refractivity contribution in [1.82, 2.24) is 9.80 Å². The molecule has 0 saturated heterocycles. The zero-order valence-corrected chi connectivity index (χ0v) is 30.6. The van der Waals surface area contributed by atoms with Gasteiger partial charge in [-0.25, -0.2) is 8.78 Å². The molecule has 0 aromatic heterocycles. The van der Waals surface area contributed by atoms with Crippen LogP contribution in [0.1, 0.15) is 59.1 Å². The molecule has 9 heteroatoms. The summed E-state index contributed by atoms with van der Waals surface area (Å²) in [4.78, 5) is 4.23. The number of hydrogen-bond donors (Lipinski definition) is 2. The van der Waals surface area contributed by atoms with E-state index in [4.69, 9.17) is 4.74 Å². The van der Waals surface area contributed by atoms with Crippen molar-refractivity contribution in [3.05, 3.63) is 139 Å². The van der Waals surface area contributed by atoms with Crippen molar-refractivity contribution in [2.75, 3.05) is 41.3 Å². The van der Waals surface area contributed by atoms with Gasteiger partial charge in [0, 0.05) is 8.95 Å². The summed E-state index contributed by atoms with van der Waals surface area (Å²) in [6, 6.07) is 24.4. The summed E-state index contributed by atoms with van der Waals surface area (Å²) in [6.07, 6.45) is 3.14. The van der Waals surface area contributed by atoms with E-state index >= 15 is 0 Å². The summed E-state index contributed by atoms with van der Waals surface area (Å²) in [5.74, 6) is -0.557. The maximum atomic E-state index is 13.4. The predicted octanol–water partition coefficient (Wildman–Crippen LogP) is 8.36. The number of benzene rings is 4. The maximum Gasteiger partial charge on any atom is 0.123 e. The second kappa shape index (κ2) is 16.7. The van der Waals surface area contributed by atoms with Gasteiger partial charge in [0.05, 0.1) is 13.2 Å². The number of hydrogen-bond acceptors (Lipinski definition) is 5. The molecular formula is C38H44Br2F2N2O3. The van der Waals surface area contributed by atoms with Crippen molar-refractivity contribution in [3.63, 3.8) is 0 Å². The van der Waals surface area contributed by atoms with Gasteiger partial charge in [0.15, 0.2) is 0 Å². The lowest BCUT2D eigenvalue weighted by Crippen LogP contribution is -2.30. The Balaban J connectivity index is 0.000000213. The fraction of sp³-hybridized carbons (Fsp3) is 0.368. The lowest BCUT2D eigenvalue weighted by molar-refractivity contribution is -0.0140. The first-order valence-electron chi connectivity index (χ1n) is 15.7. The molecule has 0 aliphatic carbocycles. The van der Waals surface area contributed by atoms with E-state index in [0.29, 0.717) is 29.7 Å². The summed E-state index contributed by atoms with van der Waals surface area (Å²) in [5.41, 5.74) is 3.61. The van der Waals surface area contributed by atoms with Crippen LogP contribution in [-0.2, 0) is 29.2 Å². The molecule has 4 aromatic carbocycles. The standard InChI is InChI=1S/C19H23BrFNO2.C19H21BrFNO/c1-22(2)11-3-10-19(24,15-4-7-17(21)8-5-15)18-9-6-16(20)12-14(18)13-23;1-22(2)11-3-10-19(15-4-7-17(21)8-5-15)18-9-6-16(20)12-14(18)13-23-19/h4-9,12,23-24H,3,10-11,13H2,1-2H3;4-9,12H,3,10-11,13H2,1-2H3. The molecule has 47 heavy (non-hydrogen) atoms. The summed E-state index contributed by atoms with van der Waals surface area (Å²) in [7, 11) is 8.11. The lowest BCUT2D eigenvalue weighted by Gasteiger charge is -2.32. The van der Waals surface area contributed by atoms with Gasteiger partial charge in [-0.3, -0.25) is 0 Å². The zero-order chi connectivity index (χ0) is 34.2. The average Bonchev–Trinajstić information content (AvgIpc) is 3.39. The van der Waals surface area contributed by atoms with Crippen molar-refractivity contribution < 1.29 is 23.7 Å². The molecule has 0 radical (unpaired) electrons. The van der Waals surface area contributed by atoms with E-state index in [1.54, 1.807) is 18.2 Å². The highest BCUT2D eigenvalue weighted by Crippen LogP contribution is 2.46. The van der Waals surface area contributed by atoms with E-state index in [1.165, 1.54) is 35.4 Å². The molecule has 1 aliphatic heterocycles. The summed E-state index contributed by atoms with van der Waals surface area (Å²) >= 11 is 6.92. The van der Waals surface area contributed by atoms with Crippen LogP contribution in [0, 0.1) is 11.6 Å². The lowest BCUT2D eigenvalue weighted by atomic mass is 9.80. The fourth-order valence-electron chi connectivity index (χ4n) is 6.22. The summed E-state index contributed by atoms with van der Waals surface area (Å²) < 4.78 is 34.9. The molecule has 1 heterocycles. The van der Waals surface area contributed by atoms with Crippen molar-refractivity contribution in [1.29, 1.82) is 0 Å². The Kier molecular flexibility index (Phi) is 13.3. The SMILES string of the molecule is CN(C)CCCC(O)(c1ccc(F)cc1)c1ccc(Br)cc1CO.CN(C)CCCC1(c2ccc(F)cc2)OCc2cc(Br)ccc21. The van der Waals surface area contributed by atoms with Crippen LogP contribution in [0.15, 0.2) is 93.9 Å². The molecule has 4 aromatic rings. The molecule has 2 N–H and O–H groups in total. The van der Waals surface area contributed by atoms with Crippen molar-refractivity contribution in [2.24, 2.45) is 0 Å². The Hall–Kier alpha value is -2.50. The molecule has 0 amide bonds. The number of nitrogens with zero attached hydrogens (tertiary/aromatic N) is 2. The van der Waals surface area contributed by atoms with E-state index in [9.17, 15) is 19.0 Å². The minimum atomic E-state index is -1.28. The van der Waals surface area contributed by atoms with Crippen LogP contribution >= 0.6 is 31.9 Å². The van der Waals surface area contributed by atoms with Gasteiger partial charge in [0.1, 0.15) is 22.8 Å². The van der Waals surface area contributed by atoms with Crippen LogP contribution < -0.4 is 0 Å². The number of aliphatic hydroxyl groups is 2. The third-order valence-electron chi connectivity index (χ3n) is 8.57. The van der Waals surface area contributed by atoms with Gasteiger partial charge in [-0.1, -0.05) is 68.3 Å². The molecule has 5 rings (SSSR count). The molecule has 252 valence electrons. The smallest absolute Gasteiger partial charge is 0.123 e. The molecule has 0 fully saturated rings. The van der Waals surface area contributed by atoms with E-state index in [1.807, 2.05) is 38.4 Å². The highest BCUT2D eigenvalue weighted by molar-refractivity contribution is 9.10. The Morgan fingerprint density at radius 3 is 1.98 bits per heavy atom. The first-order valence-corrected chi connectivity index (χ1v) is 17.3. The molecule has 2 atom stereocenters. The summed E-state index contributed by atoms with van der Waals surface area (Å²) in [5, 5.41) is 21.2. The van der Waals surface area contributed by atoms with Crippen molar-refractivity contribution in [3.8, 4) is 0 Å². The van der Waals surface area contributed by atoms with Crippen LogP contribution in [0.4, 0.5) is 8.78 Å². The number of rotatable bonds is 12. The Morgan fingerprint density at radius 2 is 1.36 bits per heavy atom. The zero-order valence-electron chi connectivity index (χ0n) is 27.4. The third kappa shape index (κ3) is 9.35. The molecular weight excluding hydrogens is 730 g/mol. The first-order chi connectivity index (χ1) is 22.4. The molecule has 2 unspecified atom stereocenters. The topological polar surface area (TPSA) is 56.2 Å². The Morgan fingerprint density at radius 1 is 0.787 bits per heavy atom. The first kappa shape index (κ1) is 37.3. The number of aliphatic hydroxyl groups excluding tert-OH is 1. The Labute approximate surface area is 294 Å². The third-order valence-corrected chi connectivity index (χ3v) is 9.56. The van der Waals surface area contributed by atoms with Crippen LogP contribution in [0.3, 0.4) is 0 Å². The second-order valence-corrected chi connectivity index (χ2v) is 14.4. The van der Waals surface area contributed by atoms with Gasteiger partial charge in [-0.15, -0.1) is 0 Å². The van der Waals surface area contributed by atoms with E-state index in [2.05, 4.69) is 74.0 Å². The van der Waals surface area contributed by atoms with Gasteiger partial charge >= 0.3 is 0 Å². The average molecular weight is 775 g/mol. The van der Waals surface area contributed by atoms with Crippen molar-refractivity contribution in [2.45, 2.75) is 50.1 Å². The number of ether oxygens (including phenoxy) is 1. The van der Waals surface area contributed by atoms with Crippen molar-refractivity contribution >= 4 is 31.9 Å². The minimum absolute atomic E-state index is 0.175. The molecule has 5 nitrogen and oxygen atoms in total. The van der Waals surface area contributed by atoms with Crippen LogP contribution in [0.25, 0.3) is 0 Å². The molecule has 0 spiro atoms.